The van der Waals surface area contributed by atoms with Gasteiger partial charge in [-0.15, -0.1) is 0 Å². The molecule has 0 aromatic carbocycles. The van der Waals surface area contributed by atoms with Crippen LogP contribution in [0.4, 0.5) is 0 Å². The van der Waals surface area contributed by atoms with Crippen LogP contribution in [-0.4, -0.2) is 20.6 Å². The highest BCUT2D eigenvalue weighted by molar-refractivity contribution is 7.99. The van der Waals surface area contributed by atoms with Crippen molar-refractivity contribution in [2.75, 3.05) is 0 Å². The van der Waals surface area contributed by atoms with Gasteiger partial charge in [0.1, 0.15) is 11.5 Å². The van der Waals surface area contributed by atoms with Gasteiger partial charge in [-0.1, -0.05) is 11.8 Å². The van der Waals surface area contributed by atoms with E-state index in [1.54, 1.807) is 10.9 Å². The fourth-order valence-corrected chi connectivity index (χ4v) is 2.50. The number of aromatic nitrogens is 3. The maximum absolute atomic E-state index is 7.48. The number of nitrogens with one attached hydrogen (secondary N) is 1. The van der Waals surface area contributed by atoms with Crippen molar-refractivity contribution in [2.24, 2.45) is 12.8 Å². The zero-order chi connectivity index (χ0) is 12.4. The third-order valence-corrected chi connectivity index (χ3v) is 3.34. The molecular weight excluding hydrogens is 234 g/mol. The highest BCUT2D eigenvalue weighted by Crippen LogP contribution is 2.29. The predicted molar refractivity (Wildman–Crippen MR) is 67.3 cm³/mol. The fraction of sp³-hybridized carbons (Fsp3) is 0.182. The first kappa shape index (κ1) is 11.7. The summed E-state index contributed by atoms with van der Waals surface area (Å²) in [7, 11) is 1.89. The van der Waals surface area contributed by atoms with Crippen molar-refractivity contribution in [3.8, 4) is 0 Å². The molecule has 0 amide bonds. The van der Waals surface area contributed by atoms with Crippen molar-refractivity contribution in [2.45, 2.75) is 16.8 Å². The van der Waals surface area contributed by atoms with Crippen LogP contribution in [0.1, 0.15) is 11.4 Å². The molecule has 3 N–H and O–H groups in total. The normalized spacial score (nSPS) is 10.5. The highest BCUT2D eigenvalue weighted by Gasteiger charge is 2.10. The van der Waals surface area contributed by atoms with Crippen LogP contribution in [0.5, 0.6) is 0 Å². The summed E-state index contributed by atoms with van der Waals surface area (Å²) in [5.74, 6) is -0.0213. The number of rotatable bonds is 3. The summed E-state index contributed by atoms with van der Waals surface area (Å²) in [6.07, 6.45) is 1.63. The zero-order valence-corrected chi connectivity index (χ0v) is 10.5. The summed E-state index contributed by atoms with van der Waals surface area (Å²) in [5.41, 5.74) is 6.97. The van der Waals surface area contributed by atoms with E-state index in [9.17, 15) is 0 Å². The summed E-state index contributed by atoms with van der Waals surface area (Å²) < 4.78 is 1.80. The second-order valence-corrected chi connectivity index (χ2v) is 4.68. The van der Waals surface area contributed by atoms with E-state index < -0.39 is 0 Å². The summed E-state index contributed by atoms with van der Waals surface area (Å²) in [6.45, 7) is 1.94. The fourth-order valence-electron chi connectivity index (χ4n) is 1.47. The van der Waals surface area contributed by atoms with E-state index in [4.69, 9.17) is 11.1 Å². The Hall–Kier alpha value is -1.82. The molecule has 0 saturated heterocycles. The first-order valence-corrected chi connectivity index (χ1v) is 5.87. The lowest BCUT2D eigenvalue weighted by Gasteiger charge is -2.06. The molecule has 0 aliphatic carbocycles. The molecule has 0 saturated carbocycles. The Balaban J connectivity index is 2.36. The SMILES string of the molecule is Cc1cc(Sc2cccnc2C(=N)N)n(C)n1. The largest absolute Gasteiger partial charge is 0.382 e. The van der Waals surface area contributed by atoms with Gasteiger partial charge in [0.15, 0.2) is 0 Å². The Bertz CT molecular complexity index is 561. The zero-order valence-electron chi connectivity index (χ0n) is 9.64. The molecule has 0 radical (unpaired) electrons. The van der Waals surface area contributed by atoms with Crippen LogP contribution in [0, 0.1) is 12.3 Å². The van der Waals surface area contributed by atoms with Crippen LogP contribution in [0.3, 0.4) is 0 Å². The van der Waals surface area contributed by atoms with Crippen LogP contribution >= 0.6 is 11.8 Å². The van der Waals surface area contributed by atoms with Gasteiger partial charge < -0.3 is 5.73 Å². The monoisotopic (exact) mass is 247 g/mol. The van der Waals surface area contributed by atoms with E-state index in [1.807, 2.05) is 32.2 Å². The standard InChI is InChI=1S/C11H13N5S/c1-7-6-9(16(2)15-7)17-8-4-3-5-14-10(8)11(12)13/h3-6H,1-2H3,(H3,12,13). The minimum atomic E-state index is -0.0213. The van der Waals surface area contributed by atoms with Crippen molar-refractivity contribution in [1.82, 2.24) is 14.8 Å². The molecule has 0 fully saturated rings. The van der Waals surface area contributed by atoms with Gasteiger partial charge in [-0.2, -0.15) is 5.10 Å². The van der Waals surface area contributed by atoms with Crippen LogP contribution in [0.25, 0.3) is 0 Å². The number of nitrogens with two attached hydrogens (primary N) is 1. The molecular formula is C11H13N5S. The number of pyridine rings is 1. The van der Waals surface area contributed by atoms with Crippen molar-refractivity contribution in [1.29, 1.82) is 5.41 Å². The lowest BCUT2D eigenvalue weighted by Crippen LogP contribution is -2.14. The third-order valence-electron chi connectivity index (χ3n) is 2.20. The molecule has 0 unspecified atom stereocenters. The Morgan fingerprint density at radius 1 is 1.53 bits per heavy atom. The molecule has 0 spiro atoms. The highest BCUT2D eigenvalue weighted by atomic mass is 32.2. The van der Waals surface area contributed by atoms with E-state index in [1.165, 1.54) is 11.8 Å². The van der Waals surface area contributed by atoms with Crippen LogP contribution in [-0.2, 0) is 7.05 Å². The van der Waals surface area contributed by atoms with Gasteiger partial charge in [0.25, 0.3) is 0 Å². The molecule has 2 rings (SSSR count). The molecule has 6 heteroatoms. The van der Waals surface area contributed by atoms with E-state index >= 15 is 0 Å². The second-order valence-electron chi connectivity index (χ2n) is 3.61. The summed E-state index contributed by atoms with van der Waals surface area (Å²) in [4.78, 5) is 4.97. The third kappa shape index (κ3) is 2.47. The number of nitrogen functional groups attached to an aromatic ring is 1. The van der Waals surface area contributed by atoms with E-state index in [-0.39, 0.29) is 5.84 Å². The van der Waals surface area contributed by atoms with Gasteiger partial charge >= 0.3 is 0 Å². The molecule has 0 aliphatic heterocycles. The molecule has 0 aliphatic rings. The van der Waals surface area contributed by atoms with Gasteiger partial charge in [0.2, 0.25) is 0 Å². The molecule has 2 aromatic rings. The van der Waals surface area contributed by atoms with Crippen LogP contribution < -0.4 is 5.73 Å². The molecule has 2 aromatic heterocycles. The lowest BCUT2D eigenvalue weighted by molar-refractivity contribution is 0.692. The van der Waals surface area contributed by atoms with Crippen LogP contribution in [0.2, 0.25) is 0 Å². The molecule has 0 atom stereocenters. The van der Waals surface area contributed by atoms with Crippen molar-refractivity contribution in [3.63, 3.8) is 0 Å². The Morgan fingerprint density at radius 3 is 2.88 bits per heavy atom. The number of hydrogen-bond acceptors (Lipinski definition) is 4. The number of nitrogens with zero attached hydrogens (tertiary/aromatic N) is 3. The van der Waals surface area contributed by atoms with Gasteiger partial charge in [0, 0.05) is 18.1 Å². The van der Waals surface area contributed by atoms with Crippen molar-refractivity contribution in [3.05, 3.63) is 35.8 Å². The molecule has 5 nitrogen and oxygen atoms in total. The average Bonchev–Trinajstić information content (AvgIpc) is 2.58. The number of aryl methyl sites for hydroxylation is 2. The summed E-state index contributed by atoms with van der Waals surface area (Å²) >= 11 is 1.51. The van der Waals surface area contributed by atoms with Gasteiger partial charge in [-0.25, -0.2) is 0 Å². The Morgan fingerprint density at radius 2 is 2.29 bits per heavy atom. The van der Waals surface area contributed by atoms with E-state index in [2.05, 4.69) is 10.1 Å². The average molecular weight is 247 g/mol. The topological polar surface area (TPSA) is 80.6 Å². The summed E-state index contributed by atoms with van der Waals surface area (Å²) in [5, 5.41) is 12.8. The Kier molecular flexibility index (Phi) is 3.14. The number of amidine groups is 1. The van der Waals surface area contributed by atoms with Crippen molar-refractivity contribution >= 4 is 17.6 Å². The number of hydrogen-bond donors (Lipinski definition) is 2. The minimum Gasteiger partial charge on any atom is -0.382 e. The van der Waals surface area contributed by atoms with Crippen molar-refractivity contribution < 1.29 is 0 Å². The predicted octanol–water partition coefficient (Wildman–Crippen LogP) is 1.56. The first-order valence-electron chi connectivity index (χ1n) is 5.06. The second kappa shape index (κ2) is 4.58. The minimum absolute atomic E-state index is 0.0213. The molecule has 2 heterocycles. The molecule has 88 valence electrons. The van der Waals surface area contributed by atoms with Gasteiger partial charge in [0.05, 0.1) is 10.7 Å². The summed E-state index contributed by atoms with van der Waals surface area (Å²) in [6, 6.07) is 5.72. The lowest BCUT2D eigenvalue weighted by atomic mass is 10.3. The molecule has 0 bridgehead atoms. The Labute approximate surface area is 104 Å². The van der Waals surface area contributed by atoms with Gasteiger partial charge in [-0.05, 0) is 25.1 Å². The quantitative estimate of drug-likeness (QED) is 0.637. The van der Waals surface area contributed by atoms with E-state index in [0.717, 1.165) is 15.6 Å². The maximum atomic E-state index is 7.48. The maximum Gasteiger partial charge on any atom is 0.142 e. The van der Waals surface area contributed by atoms with E-state index in [0.29, 0.717) is 5.69 Å². The first-order chi connectivity index (χ1) is 8.08. The smallest absolute Gasteiger partial charge is 0.142 e. The van der Waals surface area contributed by atoms with Gasteiger partial charge in [-0.3, -0.25) is 15.1 Å². The molecule has 17 heavy (non-hydrogen) atoms. The van der Waals surface area contributed by atoms with Crippen LogP contribution in [0.15, 0.2) is 34.3 Å².